The van der Waals surface area contributed by atoms with Gasteiger partial charge in [0.05, 0.1) is 30.2 Å². The van der Waals surface area contributed by atoms with Gasteiger partial charge in [0, 0.05) is 44.7 Å². The van der Waals surface area contributed by atoms with E-state index in [4.69, 9.17) is 0 Å². The van der Waals surface area contributed by atoms with E-state index in [1.165, 1.54) is 17.1 Å². The average Bonchev–Trinajstić information content (AvgIpc) is 3.64. The molecule has 3 heterocycles. The molecule has 0 saturated carbocycles. The number of amides is 1. The molecule has 2 atom stereocenters. The van der Waals surface area contributed by atoms with Gasteiger partial charge in [0.15, 0.2) is 11.9 Å². The van der Waals surface area contributed by atoms with Crippen LogP contribution in [0.15, 0.2) is 48.9 Å². The van der Waals surface area contributed by atoms with Gasteiger partial charge in [-0.1, -0.05) is 10.4 Å². The van der Waals surface area contributed by atoms with Crippen LogP contribution < -0.4 is 15.4 Å². The van der Waals surface area contributed by atoms with Crippen molar-refractivity contribution in [1.29, 1.82) is 0 Å². The molecular weight excluding hydrogens is 619 g/mol. The van der Waals surface area contributed by atoms with E-state index in [1.54, 1.807) is 0 Å². The van der Waals surface area contributed by atoms with Crippen LogP contribution in [-0.4, -0.2) is 58.3 Å². The van der Waals surface area contributed by atoms with Crippen LogP contribution in [0.5, 0.6) is 5.75 Å². The number of aromatic nitrogens is 7. The summed E-state index contributed by atoms with van der Waals surface area (Å²) in [6.07, 6.45) is -7.48. The summed E-state index contributed by atoms with van der Waals surface area (Å²) in [7, 11) is 0. The highest BCUT2D eigenvalue weighted by molar-refractivity contribution is 5.91. The first-order valence-corrected chi connectivity index (χ1v) is 13.2. The second-order valence-corrected chi connectivity index (χ2v) is 9.78. The second-order valence-electron chi connectivity index (χ2n) is 9.78. The lowest BCUT2D eigenvalue weighted by Gasteiger charge is -2.14. The highest BCUT2D eigenvalue weighted by Gasteiger charge is 2.30. The third-order valence-corrected chi connectivity index (χ3v) is 6.04. The molecule has 0 radical (unpaired) electrons. The number of carbonyl (C=O) groups excluding carboxylic acids is 1. The van der Waals surface area contributed by atoms with Crippen molar-refractivity contribution < 1.29 is 45.4 Å². The lowest BCUT2D eigenvalue weighted by molar-refractivity contribution is -0.159. The number of benzene rings is 1. The average molecular weight is 646 g/mol. The Hall–Kier alpha value is -4.65. The fraction of sp³-hybridized carbons (Fsp3) is 0.385. The van der Waals surface area contributed by atoms with Gasteiger partial charge in [0.1, 0.15) is 23.4 Å². The number of hydrogen-bond donors (Lipinski definition) is 3. The van der Waals surface area contributed by atoms with E-state index in [0.29, 0.717) is 6.92 Å². The molecule has 2 unspecified atom stereocenters. The van der Waals surface area contributed by atoms with E-state index in [1.807, 2.05) is 0 Å². The number of hydrogen-bond acceptors (Lipinski definition) is 9. The van der Waals surface area contributed by atoms with Gasteiger partial charge in [0.2, 0.25) is 0 Å². The number of nitrogens with one attached hydrogen (secondary N) is 2. The topological polar surface area (TPSA) is 145 Å². The van der Waals surface area contributed by atoms with Crippen molar-refractivity contribution in [1.82, 2.24) is 45.6 Å². The fourth-order valence-corrected chi connectivity index (χ4v) is 3.89. The van der Waals surface area contributed by atoms with E-state index >= 15 is 0 Å². The van der Waals surface area contributed by atoms with Gasteiger partial charge in [-0.15, -0.1) is 10.2 Å². The molecule has 242 valence electrons. The normalized spacial score (nSPS) is 13.4. The molecule has 4 aromatic rings. The summed E-state index contributed by atoms with van der Waals surface area (Å²) in [4.78, 5) is 16.2. The Morgan fingerprint density at radius 2 is 1.80 bits per heavy atom. The Morgan fingerprint density at radius 3 is 2.53 bits per heavy atom. The molecule has 4 rings (SSSR count). The number of halogens is 7. The largest absolute Gasteiger partial charge is 0.433 e. The van der Waals surface area contributed by atoms with Crippen molar-refractivity contribution in [3.05, 3.63) is 82.9 Å². The Kier molecular flexibility index (Phi) is 10.3. The van der Waals surface area contributed by atoms with Crippen LogP contribution in [-0.2, 0) is 32.4 Å². The number of carbonyl (C=O) groups is 1. The quantitative estimate of drug-likeness (QED) is 0.139. The fourth-order valence-electron chi connectivity index (χ4n) is 3.89. The number of aliphatic hydroxyl groups is 1. The molecule has 0 saturated heterocycles. The minimum Gasteiger partial charge on any atom is -0.433 e. The standard InChI is InChI=1S/C26H26F7N9O3/c1-25(29,30)45-19-2-3-20(28)15(8-19)10-35-23(43)21-13-41(39-37-21)7-5-17(27)12-42-14-22(38-40-42)24(44)36-11-18-9-16(4-6-34-18)26(31,32)33/h2-4,6,8-9,13-14,17,24,36,44H,5,7,10-12H2,1H3,(H,35,43). The molecule has 0 fully saturated rings. The summed E-state index contributed by atoms with van der Waals surface area (Å²) in [5.74, 6) is -1.78. The lowest BCUT2D eigenvalue weighted by atomic mass is 10.2. The zero-order chi connectivity index (χ0) is 32.8. The maximum Gasteiger partial charge on any atom is 0.416 e. The molecule has 3 aromatic heterocycles. The molecule has 1 amide bonds. The maximum absolute atomic E-state index is 14.6. The number of rotatable bonds is 14. The number of nitrogens with zero attached hydrogens (tertiary/aromatic N) is 7. The smallest absolute Gasteiger partial charge is 0.416 e. The van der Waals surface area contributed by atoms with Crippen LogP contribution in [0.1, 0.15) is 52.6 Å². The summed E-state index contributed by atoms with van der Waals surface area (Å²) in [5.41, 5.74) is -1.11. The number of pyridine rings is 1. The van der Waals surface area contributed by atoms with Crippen LogP contribution >= 0.6 is 0 Å². The van der Waals surface area contributed by atoms with Gasteiger partial charge in [-0.3, -0.25) is 19.8 Å². The van der Waals surface area contributed by atoms with Gasteiger partial charge in [-0.25, -0.2) is 13.5 Å². The number of aliphatic hydroxyl groups excluding tert-OH is 1. The number of alkyl halides is 6. The van der Waals surface area contributed by atoms with Gasteiger partial charge in [0.25, 0.3) is 5.91 Å². The van der Waals surface area contributed by atoms with Crippen molar-refractivity contribution in [2.45, 2.75) is 64.2 Å². The number of ether oxygens (including phenoxy) is 1. The Balaban J connectivity index is 1.22. The second kappa shape index (κ2) is 14.0. The van der Waals surface area contributed by atoms with Gasteiger partial charge in [-0.05, 0) is 30.3 Å². The molecule has 0 aliphatic carbocycles. The highest BCUT2D eigenvalue weighted by atomic mass is 19.4. The van der Waals surface area contributed by atoms with Crippen molar-refractivity contribution in [3.8, 4) is 5.75 Å². The number of aryl methyl sites for hydroxylation is 1. The highest BCUT2D eigenvalue weighted by Crippen LogP contribution is 2.29. The van der Waals surface area contributed by atoms with E-state index in [0.717, 1.165) is 41.2 Å². The first-order chi connectivity index (χ1) is 21.2. The molecule has 0 aliphatic rings. The van der Waals surface area contributed by atoms with E-state index in [2.05, 4.69) is 41.0 Å². The van der Waals surface area contributed by atoms with Gasteiger partial charge in [-0.2, -0.15) is 22.0 Å². The molecule has 12 nitrogen and oxygen atoms in total. The summed E-state index contributed by atoms with van der Waals surface area (Å²) in [6, 6.07) is 4.64. The minimum atomic E-state index is -4.54. The Bertz CT molecular complexity index is 1590. The Morgan fingerprint density at radius 1 is 1.04 bits per heavy atom. The first-order valence-electron chi connectivity index (χ1n) is 13.2. The van der Waals surface area contributed by atoms with E-state index in [9.17, 15) is 40.6 Å². The molecule has 0 aliphatic heterocycles. The van der Waals surface area contributed by atoms with Gasteiger partial charge >= 0.3 is 12.3 Å². The third kappa shape index (κ3) is 9.93. The molecule has 45 heavy (non-hydrogen) atoms. The first kappa shape index (κ1) is 33.2. The van der Waals surface area contributed by atoms with Crippen LogP contribution in [0.4, 0.5) is 30.7 Å². The summed E-state index contributed by atoms with van der Waals surface area (Å²) in [5, 5.41) is 30.1. The predicted octanol–water partition coefficient (Wildman–Crippen LogP) is 3.55. The molecule has 19 heteroatoms. The molecule has 0 spiro atoms. The minimum absolute atomic E-state index is 0.00328. The van der Waals surface area contributed by atoms with Crippen molar-refractivity contribution in [3.63, 3.8) is 0 Å². The summed E-state index contributed by atoms with van der Waals surface area (Å²) < 4.78 is 100. The molecule has 1 aromatic carbocycles. The summed E-state index contributed by atoms with van der Waals surface area (Å²) in [6.45, 7) is -0.284. The summed E-state index contributed by atoms with van der Waals surface area (Å²) >= 11 is 0. The predicted molar refractivity (Wildman–Crippen MR) is 139 cm³/mol. The van der Waals surface area contributed by atoms with E-state index < -0.39 is 42.0 Å². The van der Waals surface area contributed by atoms with Gasteiger partial charge < -0.3 is 15.2 Å². The van der Waals surface area contributed by atoms with Crippen LogP contribution in [0.2, 0.25) is 0 Å². The van der Waals surface area contributed by atoms with Crippen molar-refractivity contribution in [2.75, 3.05) is 0 Å². The Labute approximate surface area is 250 Å². The van der Waals surface area contributed by atoms with Crippen LogP contribution in [0, 0.1) is 5.82 Å². The van der Waals surface area contributed by atoms with E-state index in [-0.39, 0.29) is 61.0 Å². The molecular formula is C26H26F7N9O3. The van der Waals surface area contributed by atoms with Crippen LogP contribution in [0.3, 0.4) is 0 Å². The molecule has 3 N–H and O–H groups in total. The van der Waals surface area contributed by atoms with Crippen molar-refractivity contribution in [2.24, 2.45) is 0 Å². The van der Waals surface area contributed by atoms with Crippen LogP contribution in [0.25, 0.3) is 0 Å². The SMILES string of the molecule is CC(F)(F)Oc1ccc(F)c(CNC(=O)c2cn(CCC(F)Cn3cc(C(O)NCc4cc(C(F)(F)F)ccn4)nn3)nn2)c1. The maximum atomic E-state index is 14.6. The van der Waals surface area contributed by atoms with Crippen molar-refractivity contribution >= 4 is 5.91 Å². The third-order valence-electron chi connectivity index (χ3n) is 6.04. The zero-order valence-electron chi connectivity index (χ0n) is 23.3. The monoisotopic (exact) mass is 645 g/mol. The zero-order valence-corrected chi connectivity index (χ0v) is 23.3. The molecule has 0 bridgehead atoms. The lowest BCUT2D eigenvalue weighted by Crippen LogP contribution is -2.24.